The van der Waals surface area contributed by atoms with Crippen LogP contribution in [-0.2, 0) is 47.9 Å². The van der Waals surface area contributed by atoms with Crippen molar-refractivity contribution in [1.82, 2.24) is 29.8 Å². The number of aliphatic hydroxyl groups excluding tert-OH is 3. The van der Waals surface area contributed by atoms with Gasteiger partial charge in [0, 0.05) is 75.8 Å². The van der Waals surface area contributed by atoms with Crippen LogP contribution in [0.4, 0.5) is 0 Å². The second-order valence-electron chi connectivity index (χ2n) is 22.1. The number of nitrogens with zero attached hydrogens (tertiary/aromatic N) is 6. The second-order valence-corrected chi connectivity index (χ2v) is 22.1. The normalized spacial score (nSPS) is 39.5. The smallest absolute Gasteiger partial charge is 0.309 e. The van der Waals surface area contributed by atoms with Crippen molar-refractivity contribution in [1.29, 1.82) is 0 Å². The first-order chi connectivity index (χ1) is 33.3. The van der Waals surface area contributed by atoms with Crippen molar-refractivity contribution in [2.45, 2.75) is 205 Å². The molecule has 0 amide bonds. The number of methoxy groups -OCH3 is 1. The Morgan fingerprint density at radius 1 is 0.958 bits per heavy atom. The topological polar surface area (TPSA) is 228 Å². The van der Waals surface area contributed by atoms with Gasteiger partial charge >= 0.3 is 5.97 Å². The van der Waals surface area contributed by atoms with Crippen LogP contribution in [0.5, 0.6) is 0 Å². The number of hydrogen-bond donors (Lipinski definition) is 5. The van der Waals surface area contributed by atoms with E-state index >= 15 is 0 Å². The van der Waals surface area contributed by atoms with E-state index in [0.29, 0.717) is 44.8 Å². The SMILES string of the molecule is CC[C@H]1OC(=O)[C@H](C)[C@@H](C2C[C@@](C)(OC)[C@@H](O)[C@H](C)O2)[C@H](C)[C@@H](O[C@@H]2O[C@H](C)C[C@H](N(C)CCc3cn(CCc4nc(-c5ccccc5)oc4C)nn3)[C@H]2O)[C@](C)(O)C[C@@H](C)CN(C)[C@H](C)[C@@H](O)[C@]1(C)O. The summed E-state index contributed by atoms with van der Waals surface area (Å²) >= 11 is 0. The van der Waals surface area contributed by atoms with Crippen molar-refractivity contribution >= 4 is 5.97 Å². The van der Waals surface area contributed by atoms with Gasteiger partial charge in [0.2, 0.25) is 5.89 Å². The molecule has 71 heavy (non-hydrogen) atoms. The Morgan fingerprint density at radius 2 is 1.65 bits per heavy atom. The van der Waals surface area contributed by atoms with Crippen LogP contribution < -0.4 is 0 Å². The Labute approximate surface area is 421 Å². The monoisotopic (exact) mass is 999 g/mol. The lowest BCUT2D eigenvalue weighted by Crippen LogP contribution is -2.62. The molecule has 3 aliphatic heterocycles. The van der Waals surface area contributed by atoms with E-state index in [1.54, 1.807) is 32.4 Å². The number of ether oxygens (including phenoxy) is 5. The molecule has 5 N–H and O–H groups in total. The number of esters is 1. The molecular formula is C53H86N6O12. The van der Waals surface area contributed by atoms with Crippen LogP contribution in [0.15, 0.2) is 40.9 Å². The fourth-order valence-corrected chi connectivity index (χ4v) is 11.8. The van der Waals surface area contributed by atoms with Gasteiger partial charge in [0.15, 0.2) is 6.29 Å². The highest BCUT2D eigenvalue weighted by molar-refractivity contribution is 5.73. The summed E-state index contributed by atoms with van der Waals surface area (Å²) in [6.45, 7) is 21.5. The fourth-order valence-electron chi connectivity index (χ4n) is 11.8. The van der Waals surface area contributed by atoms with Crippen LogP contribution in [0.25, 0.3) is 11.5 Å². The minimum Gasteiger partial charge on any atom is -0.459 e. The summed E-state index contributed by atoms with van der Waals surface area (Å²) in [6, 6.07) is 8.85. The molecular weight excluding hydrogens is 913 g/mol. The van der Waals surface area contributed by atoms with Crippen LogP contribution in [0.1, 0.15) is 112 Å². The molecule has 0 aliphatic carbocycles. The first-order valence-electron chi connectivity index (χ1n) is 25.8. The molecule has 5 heterocycles. The molecule has 18 nitrogen and oxygen atoms in total. The van der Waals surface area contributed by atoms with Crippen LogP contribution in [0.3, 0.4) is 0 Å². The molecule has 2 aromatic heterocycles. The van der Waals surface area contributed by atoms with E-state index in [0.717, 1.165) is 22.7 Å². The third kappa shape index (κ3) is 12.9. The Kier molecular flexibility index (Phi) is 18.8. The number of oxazole rings is 1. The number of aryl methyl sites for hydroxylation is 3. The number of cyclic esters (lactones) is 1. The molecule has 3 aromatic rings. The lowest BCUT2D eigenvalue weighted by molar-refractivity contribution is -0.302. The van der Waals surface area contributed by atoms with Crippen LogP contribution in [0, 0.1) is 30.6 Å². The molecule has 18 heteroatoms. The highest BCUT2D eigenvalue weighted by Gasteiger charge is 2.55. The zero-order valence-electron chi connectivity index (χ0n) is 44.8. The Balaban J connectivity index is 1.25. The first-order valence-corrected chi connectivity index (χ1v) is 25.8. The first kappa shape index (κ1) is 56.9. The van der Waals surface area contributed by atoms with E-state index in [4.69, 9.17) is 33.1 Å². The van der Waals surface area contributed by atoms with Gasteiger partial charge < -0.3 is 63.4 Å². The summed E-state index contributed by atoms with van der Waals surface area (Å²) < 4.78 is 40.0. The number of rotatable bonds is 13. The van der Waals surface area contributed by atoms with Crippen molar-refractivity contribution < 1.29 is 58.4 Å². The zero-order valence-corrected chi connectivity index (χ0v) is 44.8. The fraction of sp³-hybridized carbons (Fsp3) is 0.774. The number of aromatic nitrogens is 4. The third-order valence-electron chi connectivity index (χ3n) is 16.3. The molecule has 0 radical (unpaired) electrons. The molecule has 1 unspecified atom stereocenters. The average Bonchev–Trinajstić information content (AvgIpc) is 3.95. The molecule has 400 valence electrons. The highest BCUT2D eigenvalue weighted by Crippen LogP contribution is 2.45. The van der Waals surface area contributed by atoms with Crippen molar-refractivity contribution in [3.63, 3.8) is 0 Å². The van der Waals surface area contributed by atoms with E-state index in [1.807, 2.05) is 97.1 Å². The van der Waals surface area contributed by atoms with Crippen molar-refractivity contribution in [3.8, 4) is 11.5 Å². The zero-order chi connectivity index (χ0) is 52.3. The predicted molar refractivity (Wildman–Crippen MR) is 266 cm³/mol. The van der Waals surface area contributed by atoms with E-state index < -0.39 is 102 Å². The van der Waals surface area contributed by atoms with Gasteiger partial charge in [0.1, 0.15) is 35.8 Å². The second kappa shape index (κ2) is 23.4. The number of hydrogen-bond acceptors (Lipinski definition) is 17. The Morgan fingerprint density at radius 3 is 2.31 bits per heavy atom. The van der Waals surface area contributed by atoms with Gasteiger partial charge in [0.05, 0.1) is 52.9 Å². The minimum atomic E-state index is -1.81. The minimum absolute atomic E-state index is 0.168. The van der Waals surface area contributed by atoms with Crippen LogP contribution in [-0.4, -0.2) is 180 Å². The molecule has 6 rings (SSSR count). The van der Waals surface area contributed by atoms with Crippen molar-refractivity contribution in [2.75, 3.05) is 34.3 Å². The van der Waals surface area contributed by atoms with Gasteiger partial charge in [-0.15, -0.1) is 5.10 Å². The van der Waals surface area contributed by atoms with E-state index in [9.17, 15) is 30.3 Å². The molecule has 3 aliphatic rings. The predicted octanol–water partition coefficient (Wildman–Crippen LogP) is 4.58. The van der Waals surface area contributed by atoms with E-state index in [-0.39, 0.29) is 31.3 Å². The standard InChI is InChI=1S/C53H86N6O12/c1-15-42-53(11,65)45(61)34(6)58(13)28-30(2)26-51(9,64)47(32(4)43(33(5)49(63)70-42)41-27-52(10,66-14)46(62)36(8)68-41)71-50-44(60)40(25-31(3)67-50)57(12)23-21-38-29-59(56-55-38)24-22-39-35(7)69-48(54-39)37-19-17-16-18-20-37/h16-20,29-34,36,40-47,50,60-62,64-65H,15,21-28H2,1-14H3/t30-,31-,32+,33-,34-,36+,40+,41?,42-,43+,44-,45-,46+,47-,50+,51-,52-,53-/m1/s1. The van der Waals surface area contributed by atoms with Gasteiger partial charge in [-0.3, -0.25) is 9.48 Å². The molecule has 0 spiro atoms. The molecule has 1 aromatic carbocycles. The summed E-state index contributed by atoms with van der Waals surface area (Å²) in [5, 5.41) is 69.0. The van der Waals surface area contributed by atoms with Gasteiger partial charge in [-0.25, -0.2) is 4.98 Å². The molecule has 3 fully saturated rings. The van der Waals surface area contributed by atoms with Crippen molar-refractivity contribution in [2.24, 2.45) is 23.7 Å². The third-order valence-corrected chi connectivity index (χ3v) is 16.3. The summed E-state index contributed by atoms with van der Waals surface area (Å²) in [5.41, 5.74) is -1.86. The lowest BCUT2D eigenvalue weighted by Gasteiger charge is -2.51. The maximum absolute atomic E-state index is 14.6. The molecule has 0 bridgehead atoms. The van der Waals surface area contributed by atoms with E-state index in [2.05, 4.69) is 15.2 Å². The highest BCUT2D eigenvalue weighted by atomic mass is 16.7. The van der Waals surface area contributed by atoms with Gasteiger partial charge in [-0.05, 0) is 106 Å². The number of carbonyl (C=O) groups is 1. The van der Waals surface area contributed by atoms with Gasteiger partial charge in [-0.2, -0.15) is 0 Å². The number of benzene rings is 1. The maximum Gasteiger partial charge on any atom is 0.309 e. The molecule has 18 atom stereocenters. The van der Waals surface area contributed by atoms with Gasteiger partial charge in [0.25, 0.3) is 0 Å². The average molecular weight is 999 g/mol. The quantitative estimate of drug-likeness (QED) is 0.148. The lowest BCUT2D eigenvalue weighted by atomic mass is 9.68. The number of aliphatic hydroxyl groups is 5. The largest absolute Gasteiger partial charge is 0.459 e. The van der Waals surface area contributed by atoms with Gasteiger partial charge in [-0.1, -0.05) is 51.1 Å². The van der Waals surface area contributed by atoms with E-state index in [1.165, 1.54) is 14.0 Å². The summed E-state index contributed by atoms with van der Waals surface area (Å²) in [4.78, 5) is 23.4. The number of likely N-dealkylation sites (N-methyl/N-ethyl adjacent to an activating group) is 2. The molecule has 0 saturated carbocycles. The Hall–Kier alpha value is -3.40. The summed E-state index contributed by atoms with van der Waals surface area (Å²) in [6.07, 6.45) is -4.17. The summed E-state index contributed by atoms with van der Waals surface area (Å²) in [5.74, 6) is -1.76. The van der Waals surface area contributed by atoms with Crippen molar-refractivity contribution in [3.05, 3.63) is 53.7 Å². The Bertz CT molecular complexity index is 2160. The van der Waals surface area contributed by atoms with Crippen LogP contribution >= 0.6 is 0 Å². The van der Waals surface area contributed by atoms with Crippen LogP contribution in [0.2, 0.25) is 0 Å². The molecule has 3 saturated heterocycles. The maximum atomic E-state index is 14.6. The number of carbonyl (C=O) groups excluding carboxylic acids is 1. The summed E-state index contributed by atoms with van der Waals surface area (Å²) in [7, 11) is 5.35.